The van der Waals surface area contributed by atoms with Crippen LogP contribution in [0.25, 0.3) is 0 Å². The first kappa shape index (κ1) is 18.7. The lowest BCUT2D eigenvalue weighted by molar-refractivity contribution is 0.264. The van der Waals surface area contributed by atoms with E-state index in [-0.39, 0.29) is 4.90 Å². The van der Waals surface area contributed by atoms with Crippen molar-refractivity contribution < 1.29 is 13.2 Å². The molecule has 0 saturated carbocycles. The second-order valence-corrected chi connectivity index (χ2v) is 7.59. The van der Waals surface area contributed by atoms with Gasteiger partial charge in [0.25, 0.3) is 0 Å². The van der Waals surface area contributed by atoms with Gasteiger partial charge in [-0.05, 0) is 43.4 Å². The largest absolute Gasteiger partial charge is 0.494 e. The van der Waals surface area contributed by atoms with Gasteiger partial charge in [0, 0.05) is 32.7 Å². The summed E-state index contributed by atoms with van der Waals surface area (Å²) in [5.74, 6) is 0.667. The van der Waals surface area contributed by atoms with Crippen LogP contribution in [0.3, 0.4) is 0 Å². The molecule has 1 aromatic rings. The molecule has 0 unspecified atom stereocenters. The molecule has 0 bridgehead atoms. The zero-order valence-corrected chi connectivity index (χ0v) is 15.4. The van der Waals surface area contributed by atoms with E-state index in [1.807, 2.05) is 11.8 Å². The number of piperazine rings is 1. The lowest BCUT2D eigenvalue weighted by Crippen LogP contribution is -2.53. The van der Waals surface area contributed by atoms with E-state index >= 15 is 0 Å². The Labute approximate surface area is 149 Å². The molecule has 0 aliphatic carbocycles. The van der Waals surface area contributed by atoms with E-state index in [0.29, 0.717) is 50.2 Å². The summed E-state index contributed by atoms with van der Waals surface area (Å²) in [6.45, 7) is 8.63. The summed E-state index contributed by atoms with van der Waals surface area (Å²) in [5, 5.41) is 3.70. The van der Waals surface area contributed by atoms with Gasteiger partial charge in [0.1, 0.15) is 5.75 Å². The van der Waals surface area contributed by atoms with Gasteiger partial charge in [-0.3, -0.25) is 0 Å². The van der Waals surface area contributed by atoms with Gasteiger partial charge in [-0.1, -0.05) is 6.08 Å². The minimum atomic E-state index is -3.49. The Bertz CT molecular complexity index is 666. The molecular weight excluding hydrogens is 346 g/mol. The highest BCUT2D eigenvalue weighted by Gasteiger charge is 2.29. The van der Waals surface area contributed by atoms with Crippen LogP contribution in [-0.4, -0.2) is 62.1 Å². The molecule has 0 atom stereocenters. The normalized spacial score (nSPS) is 15.8. The van der Waals surface area contributed by atoms with Crippen molar-refractivity contribution in [1.29, 1.82) is 0 Å². The molecule has 0 spiro atoms. The van der Waals surface area contributed by atoms with E-state index in [1.165, 1.54) is 4.31 Å². The van der Waals surface area contributed by atoms with E-state index < -0.39 is 10.0 Å². The zero-order valence-electron chi connectivity index (χ0n) is 13.8. The SMILES string of the molecule is C=CCNC(=S)N1CCN(S(=O)(=O)c2ccc(OCC)cc2)CC1. The molecule has 2 rings (SSSR count). The maximum absolute atomic E-state index is 12.7. The van der Waals surface area contributed by atoms with Crippen LogP contribution < -0.4 is 10.1 Å². The van der Waals surface area contributed by atoms with E-state index in [4.69, 9.17) is 17.0 Å². The van der Waals surface area contributed by atoms with Crippen LogP contribution in [0, 0.1) is 0 Å². The van der Waals surface area contributed by atoms with Crippen LogP contribution in [0.15, 0.2) is 41.8 Å². The maximum Gasteiger partial charge on any atom is 0.243 e. The average molecular weight is 370 g/mol. The van der Waals surface area contributed by atoms with Gasteiger partial charge < -0.3 is 15.0 Å². The van der Waals surface area contributed by atoms with E-state index in [1.54, 1.807) is 30.3 Å². The van der Waals surface area contributed by atoms with Crippen LogP contribution in [0.1, 0.15) is 6.92 Å². The van der Waals surface area contributed by atoms with Gasteiger partial charge in [0.05, 0.1) is 11.5 Å². The van der Waals surface area contributed by atoms with Crippen molar-refractivity contribution in [3.8, 4) is 5.75 Å². The topological polar surface area (TPSA) is 61.9 Å². The summed E-state index contributed by atoms with van der Waals surface area (Å²) in [6, 6.07) is 6.54. The van der Waals surface area contributed by atoms with Gasteiger partial charge in [-0.25, -0.2) is 8.42 Å². The van der Waals surface area contributed by atoms with Crippen LogP contribution >= 0.6 is 12.2 Å². The molecule has 132 valence electrons. The monoisotopic (exact) mass is 369 g/mol. The molecule has 0 amide bonds. The van der Waals surface area contributed by atoms with Gasteiger partial charge in [-0.2, -0.15) is 4.31 Å². The predicted molar refractivity (Wildman–Crippen MR) is 98.7 cm³/mol. The molecule has 0 aromatic heterocycles. The molecule has 0 radical (unpaired) electrons. The van der Waals surface area contributed by atoms with E-state index in [9.17, 15) is 8.42 Å². The fourth-order valence-corrected chi connectivity index (χ4v) is 4.11. The number of ether oxygens (including phenoxy) is 1. The summed E-state index contributed by atoms with van der Waals surface area (Å²) in [4.78, 5) is 2.26. The number of sulfonamides is 1. The van der Waals surface area contributed by atoms with Crippen LogP contribution in [0.5, 0.6) is 5.75 Å². The highest BCUT2D eigenvalue weighted by atomic mass is 32.2. The third kappa shape index (κ3) is 4.46. The average Bonchev–Trinajstić information content (AvgIpc) is 2.60. The summed E-state index contributed by atoms with van der Waals surface area (Å²) in [6.07, 6.45) is 1.74. The molecular formula is C16H23N3O3S2. The Morgan fingerprint density at radius 1 is 1.29 bits per heavy atom. The minimum absolute atomic E-state index is 0.284. The first-order chi connectivity index (χ1) is 11.5. The number of hydrogen-bond donors (Lipinski definition) is 1. The summed E-state index contributed by atoms with van der Waals surface area (Å²) >= 11 is 5.29. The molecule has 1 heterocycles. The van der Waals surface area contributed by atoms with Gasteiger partial charge in [0.15, 0.2) is 5.11 Å². The van der Waals surface area contributed by atoms with Crippen molar-refractivity contribution in [3.63, 3.8) is 0 Å². The van der Waals surface area contributed by atoms with Gasteiger partial charge in [0.2, 0.25) is 10.0 Å². The Hall–Kier alpha value is -1.64. The molecule has 1 N–H and O–H groups in total. The molecule has 1 saturated heterocycles. The Morgan fingerprint density at radius 3 is 2.46 bits per heavy atom. The van der Waals surface area contributed by atoms with Crippen molar-refractivity contribution in [3.05, 3.63) is 36.9 Å². The predicted octanol–water partition coefficient (Wildman–Crippen LogP) is 1.45. The zero-order chi connectivity index (χ0) is 17.6. The van der Waals surface area contributed by atoms with E-state index in [0.717, 1.165) is 0 Å². The molecule has 1 aliphatic heterocycles. The Morgan fingerprint density at radius 2 is 1.92 bits per heavy atom. The Balaban J connectivity index is 1.99. The molecule has 8 heteroatoms. The summed E-state index contributed by atoms with van der Waals surface area (Å²) in [7, 11) is -3.49. The van der Waals surface area contributed by atoms with Crippen molar-refractivity contribution in [2.75, 3.05) is 39.3 Å². The second kappa shape index (κ2) is 8.46. The molecule has 6 nitrogen and oxygen atoms in total. The summed E-state index contributed by atoms with van der Waals surface area (Å²) < 4.78 is 32.3. The number of hydrogen-bond acceptors (Lipinski definition) is 4. The second-order valence-electron chi connectivity index (χ2n) is 5.27. The van der Waals surface area contributed by atoms with Crippen LogP contribution in [0.4, 0.5) is 0 Å². The summed E-state index contributed by atoms with van der Waals surface area (Å²) in [5.41, 5.74) is 0. The van der Waals surface area contributed by atoms with E-state index in [2.05, 4.69) is 11.9 Å². The number of benzene rings is 1. The molecule has 1 aromatic carbocycles. The number of thiocarbonyl (C=S) groups is 1. The maximum atomic E-state index is 12.7. The molecule has 1 fully saturated rings. The smallest absolute Gasteiger partial charge is 0.243 e. The third-order valence-electron chi connectivity index (χ3n) is 3.70. The quantitative estimate of drug-likeness (QED) is 0.605. The van der Waals surface area contributed by atoms with Crippen molar-refractivity contribution in [2.24, 2.45) is 0 Å². The first-order valence-corrected chi connectivity index (χ1v) is 9.70. The van der Waals surface area contributed by atoms with Crippen molar-refractivity contribution >= 4 is 27.4 Å². The molecule has 24 heavy (non-hydrogen) atoms. The van der Waals surface area contributed by atoms with Gasteiger partial charge >= 0.3 is 0 Å². The lowest BCUT2D eigenvalue weighted by Gasteiger charge is -2.35. The molecule has 1 aliphatic rings. The highest BCUT2D eigenvalue weighted by molar-refractivity contribution is 7.89. The lowest BCUT2D eigenvalue weighted by atomic mass is 10.3. The fourth-order valence-electron chi connectivity index (χ4n) is 2.43. The fraction of sp³-hybridized carbons (Fsp3) is 0.438. The Kier molecular flexibility index (Phi) is 6.59. The number of rotatable bonds is 6. The van der Waals surface area contributed by atoms with Crippen molar-refractivity contribution in [2.45, 2.75) is 11.8 Å². The standard InChI is InChI=1S/C16H23N3O3S2/c1-3-9-17-16(23)18-10-12-19(13-11-18)24(20,21)15-7-5-14(6-8-15)22-4-2/h3,5-8H,1,4,9-13H2,2H3,(H,17,23). The van der Waals surface area contributed by atoms with Gasteiger partial charge in [-0.15, -0.1) is 6.58 Å². The van der Waals surface area contributed by atoms with Crippen molar-refractivity contribution in [1.82, 2.24) is 14.5 Å². The van der Waals surface area contributed by atoms with Crippen LogP contribution in [-0.2, 0) is 10.0 Å². The number of nitrogens with one attached hydrogen (secondary N) is 1. The minimum Gasteiger partial charge on any atom is -0.494 e. The highest BCUT2D eigenvalue weighted by Crippen LogP contribution is 2.20. The number of nitrogens with zero attached hydrogens (tertiary/aromatic N) is 2. The third-order valence-corrected chi connectivity index (χ3v) is 6.01. The van der Waals surface area contributed by atoms with Crippen LogP contribution in [0.2, 0.25) is 0 Å². The first-order valence-electron chi connectivity index (χ1n) is 7.85.